The van der Waals surface area contributed by atoms with Crippen LogP contribution in [-0.2, 0) is 9.53 Å². The van der Waals surface area contributed by atoms with Crippen molar-refractivity contribution < 1.29 is 14.6 Å². The van der Waals surface area contributed by atoms with Crippen LogP contribution in [0.3, 0.4) is 0 Å². The summed E-state index contributed by atoms with van der Waals surface area (Å²) in [4.78, 5) is 13.5. The molecule has 0 amide bonds. The van der Waals surface area contributed by atoms with Gasteiger partial charge < -0.3 is 14.7 Å². The Morgan fingerprint density at radius 2 is 2.07 bits per heavy atom. The van der Waals surface area contributed by atoms with Gasteiger partial charge in [0.05, 0.1) is 13.0 Å². The van der Waals surface area contributed by atoms with Crippen molar-refractivity contribution in [3.8, 4) is 0 Å². The number of carbonyl (C=O) groups excluding carboxylic acids is 1. The lowest BCUT2D eigenvalue weighted by Crippen LogP contribution is -2.41. The smallest absolute Gasteiger partial charge is 0.309 e. The number of rotatable bonds is 7. The molecule has 0 saturated carbocycles. The SMILES string of the molecule is CCN(CCCO)C(C)C(C)C(=O)OC. The van der Waals surface area contributed by atoms with Crippen molar-refractivity contribution >= 4 is 5.97 Å². The van der Waals surface area contributed by atoms with Gasteiger partial charge in [0.15, 0.2) is 0 Å². The van der Waals surface area contributed by atoms with E-state index in [0.29, 0.717) is 0 Å². The number of esters is 1. The highest BCUT2D eigenvalue weighted by atomic mass is 16.5. The lowest BCUT2D eigenvalue weighted by molar-refractivity contribution is -0.147. The normalized spacial score (nSPS) is 15.1. The van der Waals surface area contributed by atoms with Gasteiger partial charge in [0, 0.05) is 19.2 Å². The molecule has 0 aliphatic heterocycles. The third-order valence-electron chi connectivity index (χ3n) is 2.88. The molecule has 15 heavy (non-hydrogen) atoms. The predicted molar refractivity (Wildman–Crippen MR) is 59.6 cm³/mol. The number of aliphatic hydroxyl groups is 1. The van der Waals surface area contributed by atoms with E-state index >= 15 is 0 Å². The maximum atomic E-state index is 11.3. The molecule has 0 bridgehead atoms. The molecule has 0 aliphatic rings. The summed E-state index contributed by atoms with van der Waals surface area (Å²) in [6.45, 7) is 7.83. The van der Waals surface area contributed by atoms with E-state index in [2.05, 4.69) is 11.8 Å². The summed E-state index contributed by atoms with van der Waals surface area (Å²) in [5, 5.41) is 8.77. The number of aliphatic hydroxyl groups excluding tert-OH is 1. The Hall–Kier alpha value is -0.610. The molecule has 2 atom stereocenters. The quantitative estimate of drug-likeness (QED) is 0.643. The van der Waals surface area contributed by atoms with Crippen molar-refractivity contribution in [1.29, 1.82) is 0 Å². The average Bonchev–Trinajstić information content (AvgIpc) is 2.27. The maximum absolute atomic E-state index is 11.3. The molecule has 0 aromatic carbocycles. The molecule has 0 aliphatic carbocycles. The summed E-state index contributed by atoms with van der Waals surface area (Å²) in [5.41, 5.74) is 0. The van der Waals surface area contributed by atoms with Gasteiger partial charge in [0.25, 0.3) is 0 Å². The topological polar surface area (TPSA) is 49.8 Å². The van der Waals surface area contributed by atoms with Gasteiger partial charge in [-0.25, -0.2) is 0 Å². The van der Waals surface area contributed by atoms with E-state index in [1.54, 1.807) is 0 Å². The van der Waals surface area contributed by atoms with Crippen molar-refractivity contribution in [3.05, 3.63) is 0 Å². The highest BCUT2D eigenvalue weighted by molar-refractivity contribution is 5.72. The summed E-state index contributed by atoms with van der Waals surface area (Å²) in [7, 11) is 1.41. The molecule has 90 valence electrons. The molecule has 0 fully saturated rings. The molecule has 1 N–H and O–H groups in total. The minimum Gasteiger partial charge on any atom is -0.469 e. The molecule has 0 spiro atoms. The van der Waals surface area contributed by atoms with Gasteiger partial charge in [0.2, 0.25) is 0 Å². The first-order chi connectivity index (χ1) is 7.08. The van der Waals surface area contributed by atoms with Gasteiger partial charge in [0.1, 0.15) is 0 Å². The van der Waals surface area contributed by atoms with E-state index in [1.807, 2.05) is 13.8 Å². The molecule has 4 nitrogen and oxygen atoms in total. The molecule has 0 aromatic heterocycles. The van der Waals surface area contributed by atoms with Gasteiger partial charge in [-0.1, -0.05) is 13.8 Å². The first-order valence-electron chi connectivity index (χ1n) is 5.51. The fraction of sp³-hybridized carbons (Fsp3) is 0.909. The van der Waals surface area contributed by atoms with Crippen LogP contribution in [-0.4, -0.2) is 48.8 Å². The van der Waals surface area contributed by atoms with Crippen molar-refractivity contribution in [2.45, 2.75) is 33.2 Å². The number of methoxy groups -OCH3 is 1. The lowest BCUT2D eigenvalue weighted by atomic mass is 10.0. The minimum atomic E-state index is -0.176. The van der Waals surface area contributed by atoms with Crippen LogP contribution in [0, 0.1) is 5.92 Å². The van der Waals surface area contributed by atoms with Crippen LogP contribution in [0.4, 0.5) is 0 Å². The minimum absolute atomic E-state index is 0.131. The number of hydrogen-bond donors (Lipinski definition) is 1. The summed E-state index contributed by atoms with van der Waals surface area (Å²) in [6, 6.07) is 0.147. The second-order valence-electron chi connectivity index (χ2n) is 3.76. The Labute approximate surface area is 92.2 Å². The number of nitrogens with zero attached hydrogens (tertiary/aromatic N) is 1. The van der Waals surface area contributed by atoms with Crippen LogP contribution in [0.5, 0.6) is 0 Å². The maximum Gasteiger partial charge on any atom is 0.309 e. The second kappa shape index (κ2) is 7.65. The van der Waals surface area contributed by atoms with Crippen LogP contribution in [0.25, 0.3) is 0 Å². The molecular formula is C11H23NO3. The molecule has 0 radical (unpaired) electrons. The van der Waals surface area contributed by atoms with E-state index in [4.69, 9.17) is 9.84 Å². The van der Waals surface area contributed by atoms with Crippen LogP contribution in [0.2, 0.25) is 0 Å². The summed E-state index contributed by atoms with van der Waals surface area (Å²) < 4.78 is 4.72. The number of carbonyl (C=O) groups is 1. The van der Waals surface area contributed by atoms with E-state index in [1.165, 1.54) is 7.11 Å². The van der Waals surface area contributed by atoms with E-state index in [0.717, 1.165) is 19.5 Å². The zero-order valence-electron chi connectivity index (χ0n) is 10.2. The standard InChI is InChI=1S/C11H23NO3/c1-5-12(7-6-8-13)10(3)9(2)11(14)15-4/h9-10,13H,5-8H2,1-4H3. The van der Waals surface area contributed by atoms with Crippen LogP contribution >= 0.6 is 0 Å². The molecule has 0 heterocycles. The first kappa shape index (κ1) is 14.4. The Kier molecular flexibility index (Phi) is 7.34. The molecule has 2 unspecified atom stereocenters. The average molecular weight is 217 g/mol. The van der Waals surface area contributed by atoms with Crippen LogP contribution in [0.1, 0.15) is 27.2 Å². The van der Waals surface area contributed by atoms with E-state index < -0.39 is 0 Å². The monoisotopic (exact) mass is 217 g/mol. The van der Waals surface area contributed by atoms with Crippen LogP contribution in [0.15, 0.2) is 0 Å². The summed E-state index contributed by atoms with van der Waals surface area (Å²) in [6.07, 6.45) is 0.742. The highest BCUT2D eigenvalue weighted by Crippen LogP contribution is 2.12. The van der Waals surface area contributed by atoms with Gasteiger partial charge in [-0.15, -0.1) is 0 Å². The first-order valence-corrected chi connectivity index (χ1v) is 5.51. The van der Waals surface area contributed by atoms with Gasteiger partial charge in [-0.2, -0.15) is 0 Å². The Bertz CT molecular complexity index is 185. The van der Waals surface area contributed by atoms with E-state index in [9.17, 15) is 4.79 Å². The highest BCUT2D eigenvalue weighted by Gasteiger charge is 2.24. The van der Waals surface area contributed by atoms with Crippen LogP contribution < -0.4 is 0 Å². The lowest BCUT2D eigenvalue weighted by Gasteiger charge is -2.30. The Morgan fingerprint density at radius 1 is 1.47 bits per heavy atom. The van der Waals surface area contributed by atoms with E-state index in [-0.39, 0.29) is 24.5 Å². The van der Waals surface area contributed by atoms with Crippen molar-refractivity contribution in [1.82, 2.24) is 4.90 Å². The number of ether oxygens (including phenoxy) is 1. The summed E-state index contributed by atoms with van der Waals surface area (Å²) in [5.74, 6) is -0.307. The largest absolute Gasteiger partial charge is 0.469 e. The molecule has 0 saturated heterocycles. The van der Waals surface area contributed by atoms with Gasteiger partial charge in [-0.05, 0) is 19.9 Å². The predicted octanol–water partition coefficient (Wildman–Crippen LogP) is 0.888. The third-order valence-corrected chi connectivity index (χ3v) is 2.88. The number of hydrogen-bond acceptors (Lipinski definition) is 4. The molecule has 0 rings (SSSR count). The fourth-order valence-electron chi connectivity index (χ4n) is 1.62. The summed E-state index contributed by atoms with van der Waals surface area (Å²) >= 11 is 0. The van der Waals surface area contributed by atoms with Gasteiger partial charge in [-0.3, -0.25) is 4.79 Å². The third kappa shape index (κ3) is 4.62. The van der Waals surface area contributed by atoms with Crippen molar-refractivity contribution in [2.75, 3.05) is 26.8 Å². The molecule has 0 aromatic rings. The Morgan fingerprint density at radius 3 is 2.47 bits per heavy atom. The van der Waals surface area contributed by atoms with Crippen molar-refractivity contribution in [3.63, 3.8) is 0 Å². The zero-order chi connectivity index (χ0) is 11.8. The fourth-order valence-corrected chi connectivity index (χ4v) is 1.62. The Balaban J connectivity index is 4.23. The van der Waals surface area contributed by atoms with Gasteiger partial charge >= 0.3 is 5.97 Å². The van der Waals surface area contributed by atoms with Crippen molar-refractivity contribution in [2.24, 2.45) is 5.92 Å². The zero-order valence-corrected chi connectivity index (χ0v) is 10.2. The second-order valence-corrected chi connectivity index (χ2v) is 3.76. The molecular weight excluding hydrogens is 194 g/mol. The molecule has 4 heteroatoms.